The first-order valence-corrected chi connectivity index (χ1v) is 9.65. The van der Waals surface area contributed by atoms with E-state index < -0.39 is 11.7 Å². The lowest BCUT2D eigenvalue weighted by Gasteiger charge is -2.22. The van der Waals surface area contributed by atoms with E-state index in [0.29, 0.717) is 31.7 Å². The summed E-state index contributed by atoms with van der Waals surface area (Å²) in [6.07, 6.45) is -0.597. The Hall–Kier alpha value is -2.99. The van der Waals surface area contributed by atoms with Gasteiger partial charge in [0.25, 0.3) is 0 Å². The Bertz CT molecular complexity index is 978. The zero-order valence-corrected chi connectivity index (χ0v) is 16.9. The molecule has 0 fully saturated rings. The summed E-state index contributed by atoms with van der Waals surface area (Å²) in [5.41, 5.74) is 2.13. The van der Waals surface area contributed by atoms with Crippen molar-refractivity contribution in [1.82, 2.24) is 9.47 Å². The summed E-state index contributed by atoms with van der Waals surface area (Å²) in [4.78, 5) is 2.22. The maximum Gasteiger partial charge on any atom is 0.416 e. The van der Waals surface area contributed by atoms with Crippen LogP contribution in [0.25, 0.3) is 0 Å². The first-order chi connectivity index (χ1) is 14.4. The van der Waals surface area contributed by atoms with Crippen LogP contribution in [0.5, 0.6) is 5.75 Å². The zero-order valence-electron chi connectivity index (χ0n) is 16.9. The van der Waals surface area contributed by atoms with Gasteiger partial charge in [0.05, 0.1) is 12.7 Å². The van der Waals surface area contributed by atoms with E-state index in [-0.39, 0.29) is 0 Å². The first-order valence-electron chi connectivity index (χ1n) is 9.65. The number of hydrogen-bond acceptors (Lipinski definition) is 2. The van der Waals surface area contributed by atoms with Crippen LogP contribution in [0.3, 0.4) is 0 Å². The molecular weight excluding hydrogens is 389 g/mol. The van der Waals surface area contributed by atoms with Gasteiger partial charge in [-0.1, -0.05) is 30.3 Å². The molecule has 30 heavy (non-hydrogen) atoms. The van der Waals surface area contributed by atoms with Gasteiger partial charge in [0.2, 0.25) is 0 Å². The molecular formula is C24H25F3N2O. The number of ether oxygens (including phenoxy) is 1. The minimum Gasteiger partial charge on any atom is -0.497 e. The molecule has 0 N–H and O–H groups in total. The van der Waals surface area contributed by atoms with Crippen LogP contribution in [0, 0.1) is 0 Å². The van der Waals surface area contributed by atoms with Gasteiger partial charge in [-0.3, -0.25) is 4.90 Å². The predicted molar refractivity (Wildman–Crippen MR) is 112 cm³/mol. The molecule has 3 nitrogen and oxygen atoms in total. The SMILES string of the molecule is C=CCN(Cc1cccc(OC)c1)Cc1cccn1Cc1cccc(C(F)(F)F)c1. The number of benzene rings is 2. The molecule has 0 bridgehead atoms. The number of hydrogen-bond donors (Lipinski definition) is 0. The fourth-order valence-corrected chi connectivity index (χ4v) is 3.42. The van der Waals surface area contributed by atoms with Gasteiger partial charge in [-0.2, -0.15) is 13.2 Å². The van der Waals surface area contributed by atoms with E-state index in [1.165, 1.54) is 12.1 Å². The highest BCUT2D eigenvalue weighted by Crippen LogP contribution is 2.29. The summed E-state index contributed by atoms with van der Waals surface area (Å²) in [6.45, 7) is 6.27. The van der Waals surface area contributed by atoms with Crippen molar-refractivity contribution in [3.8, 4) is 5.75 Å². The molecule has 0 radical (unpaired) electrons. The van der Waals surface area contributed by atoms with Crippen LogP contribution in [0.4, 0.5) is 13.2 Å². The van der Waals surface area contributed by atoms with Gasteiger partial charge < -0.3 is 9.30 Å². The van der Waals surface area contributed by atoms with E-state index in [2.05, 4.69) is 11.5 Å². The van der Waals surface area contributed by atoms with Crippen LogP contribution < -0.4 is 4.74 Å². The Balaban J connectivity index is 1.75. The van der Waals surface area contributed by atoms with E-state index in [4.69, 9.17) is 4.74 Å². The summed E-state index contributed by atoms with van der Waals surface area (Å²) in [6, 6.07) is 17.3. The smallest absolute Gasteiger partial charge is 0.416 e. The maximum absolute atomic E-state index is 13.0. The maximum atomic E-state index is 13.0. The number of alkyl halides is 3. The molecule has 0 atom stereocenters. The molecule has 3 rings (SSSR count). The van der Waals surface area contributed by atoms with Crippen LogP contribution in [0.15, 0.2) is 79.5 Å². The lowest BCUT2D eigenvalue weighted by atomic mass is 10.1. The molecule has 0 saturated carbocycles. The van der Waals surface area contributed by atoms with Crippen molar-refractivity contribution < 1.29 is 17.9 Å². The van der Waals surface area contributed by atoms with Crippen molar-refractivity contribution in [1.29, 1.82) is 0 Å². The van der Waals surface area contributed by atoms with Crippen LogP contribution in [-0.2, 0) is 25.8 Å². The molecule has 0 saturated heterocycles. The number of methoxy groups -OCH3 is 1. The molecule has 0 unspecified atom stereocenters. The quantitative estimate of drug-likeness (QED) is 0.415. The largest absolute Gasteiger partial charge is 0.497 e. The number of nitrogens with zero attached hydrogens (tertiary/aromatic N) is 2. The lowest BCUT2D eigenvalue weighted by Crippen LogP contribution is -2.24. The molecule has 0 spiro atoms. The molecule has 0 aliphatic carbocycles. The standard InChI is InChI=1S/C24H25F3N2O/c1-3-12-28(16-20-8-5-11-23(15-20)30-2)18-22-10-6-13-29(22)17-19-7-4-9-21(14-19)24(25,26)27/h3-11,13-15H,1,12,16-18H2,2H3. The van der Waals surface area contributed by atoms with Crippen LogP contribution in [0.2, 0.25) is 0 Å². The number of aromatic nitrogens is 1. The Labute approximate surface area is 175 Å². The number of rotatable bonds is 9. The fraction of sp³-hybridized carbons (Fsp3) is 0.250. The summed E-state index contributed by atoms with van der Waals surface area (Å²) in [5.74, 6) is 0.805. The Morgan fingerprint density at radius 3 is 2.50 bits per heavy atom. The highest BCUT2D eigenvalue weighted by Gasteiger charge is 2.30. The third-order valence-corrected chi connectivity index (χ3v) is 4.84. The van der Waals surface area contributed by atoms with Crippen molar-refractivity contribution in [2.24, 2.45) is 0 Å². The summed E-state index contributed by atoms with van der Waals surface area (Å²) in [5, 5.41) is 0. The second-order valence-corrected chi connectivity index (χ2v) is 7.14. The average molecular weight is 414 g/mol. The Morgan fingerprint density at radius 1 is 1.00 bits per heavy atom. The molecule has 3 aromatic rings. The van der Waals surface area contributed by atoms with Crippen molar-refractivity contribution in [2.45, 2.75) is 25.8 Å². The second-order valence-electron chi connectivity index (χ2n) is 7.14. The van der Waals surface area contributed by atoms with Gasteiger partial charge in [-0.15, -0.1) is 6.58 Å². The molecule has 6 heteroatoms. The molecule has 0 aliphatic rings. The van der Waals surface area contributed by atoms with E-state index in [1.807, 2.05) is 53.2 Å². The van der Waals surface area contributed by atoms with Crippen molar-refractivity contribution in [2.75, 3.05) is 13.7 Å². The number of halogens is 3. The van der Waals surface area contributed by atoms with Crippen LogP contribution in [0.1, 0.15) is 22.4 Å². The predicted octanol–water partition coefficient (Wildman–Crippen LogP) is 5.75. The van der Waals surface area contributed by atoms with Gasteiger partial charge in [0.1, 0.15) is 5.75 Å². The average Bonchev–Trinajstić information content (AvgIpc) is 3.14. The highest BCUT2D eigenvalue weighted by molar-refractivity contribution is 5.29. The van der Waals surface area contributed by atoms with Gasteiger partial charge in [-0.25, -0.2) is 0 Å². The van der Waals surface area contributed by atoms with E-state index in [0.717, 1.165) is 23.1 Å². The third-order valence-electron chi connectivity index (χ3n) is 4.84. The fourth-order valence-electron chi connectivity index (χ4n) is 3.42. The van der Waals surface area contributed by atoms with Crippen LogP contribution >= 0.6 is 0 Å². The van der Waals surface area contributed by atoms with E-state index in [9.17, 15) is 13.2 Å². The summed E-state index contributed by atoms with van der Waals surface area (Å²) >= 11 is 0. The van der Waals surface area contributed by atoms with Crippen molar-refractivity contribution in [3.63, 3.8) is 0 Å². The van der Waals surface area contributed by atoms with Gasteiger partial charge in [0, 0.05) is 38.1 Å². The molecule has 0 amide bonds. The molecule has 2 aromatic carbocycles. The lowest BCUT2D eigenvalue weighted by molar-refractivity contribution is -0.137. The Kier molecular flexibility index (Phi) is 7.00. The second kappa shape index (κ2) is 9.67. The third kappa shape index (κ3) is 5.76. The normalized spacial score (nSPS) is 11.6. The molecule has 1 heterocycles. The highest BCUT2D eigenvalue weighted by atomic mass is 19.4. The van der Waals surface area contributed by atoms with Crippen molar-refractivity contribution >= 4 is 0 Å². The minimum atomic E-state index is -4.34. The minimum absolute atomic E-state index is 0.382. The zero-order chi connectivity index (χ0) is 21.6. The van der Waals surface area contributed by atoms with Gasteiger partial charge in [-0.05, 0) is 47.5 Å². The van der Waals surface area contributed by atoms with Crippen LogP contribution in [-0.4, -0.2) is 23.1 Å². The summed E-state index contributed by atoms with van der Waals surface area (Å²) < 4.78 is 46.3. The van der Waals surface area contributed by atoms with Gasteiger partial charge >= 0.3 is 6.18 Å². The van der Waals surface area contributed by atoms with E-state index in [1.54, 1.807) is 13.2 Å². The van der Waals surface area contributed by atoms with E-state index >= 15 is 0 Å². The molecule has 0 aliphatic heterocycles. The first kappa shape index (κ1) is 21.7. The van der Waals surface area contributed by atoms with Gasteiger partial charge in [0.15, 0.2) is 0 Å². The topological polar surface area (TPSA) is 17.4 Å². The summed E-state index contributed by atoms with van der Waals surface area (Å²) in [7, 11) is 1.64. The molecule has 158 valence electrons. The Morgan fingerprint density at radius 2 is 1.77 bits per heavy atom. The monoisotopic (exact) mass is 414 g/mol. The van der Waals surface area contributed by atoms with Crippen molar-refractivity contribution in [3.05, 3.63) is 102 Å². The molecule has 1 aromatic heterocycles.